The van der Waals surface area contributed by atoms with E-state index < -0.39 is 48.4 Å². The van der Waals surface area contributed by atoms with Gasteiger partial charge in [0, 0.05) is 36.7 Å². The van der Waals surface area contributed by atoms with E-state index in [2.05, 4.69) is 41.8 Å². The first-order valence-corrected chi connectivity index (χ1v) is 21.4. The Morgan fingerprint density at radius 1 is 0.712 bits per heavy atom. The molecule has 0 fully saturated rings. The normalized spacial score (nSPS) is 13.7. The molecule has 0 saturated heterocycles. The maximum Gasteiger partial charge on any atom is 0.289 e. The summed E-state index contributed by atoms with van der Waals surface area (Å²) in [6.45, 7) is 7.40. The molecule has 3 rings (SSSR count). The molecule has 2 amide bonds. The van der Waals surface area contributed by atoms with Crippen molar-refractivity contribution < 1.29 is 33.7 Å². The van der Waals surface area contributed by atoms with Crippen molar-refractivity contribution in [1.29, 1.82) is 0 Å². The predicted molar refractivity (Wildman–Crippen MR) is 236 cm³/mol. The molecule has 12 heteroatoms. The number of methoxy groups -OCH3 is 1. The van der Waals surface area contributed by atoms with Gasteiger partial charge in [0.15, 0.2) is 17.3 Å². The van der Waals surface area contributed by atoms with Gasteiger partial charge in [0.2, 0.25) is 11.8 Å². The molecular weight excluding hydrogens is 743 g/mol. The molecule has 0 spiro atoms. The van der Waals surface area contributed by atoms with Gasteiger partial charge in [-0.25, -0.2) is 0 Å². The van der Waals surface area contributed by atoms with Gasteiger partial charge in [-0.1, -0.05) is 101 Å². The Hall–Kier alpha value is -4.65. The number of Topliss-reactive ketones (excluding diaryl/α,β-unsaturated/α-hetero) is 3. The first-order chi connectivity index (χ1) is 28.3. The smallest absolute Gasteiger partial charge is 0.289 e. The molecule has 5 atom stereocenters. The van der Waals surface area contributed by atoms with Crippen molar-refractivity contribution >= 4 is 36.1 Å². The highest BCUT2D eigenvalue weighted by Crippen LogP contribution is 2.26. The van der Waals surface area contributed by atoms with Crippen molar-refractivity contribution in [2.75, 3.05) is 20.2 Å². The van der Waals surface area contributed by atoms with E-state index in [1.54, 1.807) is 57.1 Å². The lowest BCUT2D eigenvalue weighted by Gasteiger charge is -2.25. The molecule has 0 heterocycles. The number of nitrogens with two attached hydrogens (primary N) is 2. The molecular formula is C47H67BN4O7. The van der Waals surface area contributed by atoms with Crippen LogP contribution in [0.1, 0.15) is 119 Å². The Morgan fingerprint density at radius 3 is 1.86 bits per heavy atom. The van der Waals surface area contributed by atoms with E-state index in [1.807, 2.05) is 12.1 Å². The third-order valence-corrected chi connectivity index (χ3v) is 11.1. The fraction of sp³-hybridized carbons (Fsp3) is 0.511. The SMILES string of the molecule is CCCCc1ccc(-c2ccc(C(=O)C[C@@H](CCCCN)C(=O)NC(C(=O)C[C@@H](C)C(=O)N[C@@H](CCCCN)C(=O)C[C@@H](C)B(C)O)c3ccc(OC)cc3)cc2)cc1. The Kier molecular flexibility index (Phi) is 21.3. The van der Waals surface area contributed by atoms with Crippen LogP contribution >= 0.6 is 0 Å². The van der Waals surface area contributed by atoms with E-state index >= 15 is 0 Å². The molecule has 3 aromatic rings. The molecule has 7 N–H and O–H groups in total. The number of ether oxygens (including phenoxy) is 1. The van der Waals surface area contributed by atoms with Crippen LogP contribution in [0.25, 0.3) is 11.1 Å². The van der Waals surface area contributed by atoms with E-state index in [9.17, 15) is 29.0 Å². The molecule has 59 heavy (non-hydrogen) atoms. The second-order valence-corrected chi connectivity index (χ2v) is 16.0. The predicted octanol–water partition coefficient (Wildman–Crippen LogP) is 7.05. The van der Waals surface area contributed by atoms with Gasteiger partial charge in [-0.15, -0.1) is 0 Å². The molecule has 0 aliphatic rings. The Balaban J connectivity index is 1.79. The average molecular weight is 811 g/mol. The van der Waals surface area contributed by atoms with E-state index in [-0.39, 0.29) is 36.6 Å². The standard InChI is InChI=1S/C47H67BN4O7/c1-6-7-12-34-15-17-35(18-16-34)36-19-21-37(22-20-36)42(53)31-39(13-8-10-27-49)47(57)52-45(38-23-25-40(59-5)26-24-38)44(55)29-32(2)46(56)51-41(14-9-11-28-50)43(54)30-33(3)48(4)58/h15-26,32-33,39,41,45,58H,6-14,27-31,49-50H2,1-5H3,(H,51,56)(H,52,57)/t32-,33-,39-,41+,45?/m1/s1. The van der Waals surface area contributed by atoms with Gasteiger partial charge < -0.3 is 31.9 Å². The van der Waals surface area contributed by atoms with Crippen molar-refractivity contribution in [3.63, 3.8) is 0 Å². The lowest BCUT2D eigenvalue weighted by Crippen LogP contribution is -2.45. The lowest BCUT2D eigenvalue weighted by atomic mass is 9.58. The fourth-order valence-corrected chi connectivity index (χ4v) is 6.97. The molecule has 3 aromatic carbocycles. The second-order valence-electron chi connectivity index (χ2n) is 16.0. The highest BCUT2D eigenvalue weighted by Gasteiger charge is 2.32. The van der Waals surface area contributed by atoms with Crippen LogP contribution in [0, 0.1) is 11.8 Å². The van der Waals surface area contributed by atoms with Crippen LogP contribution in [0.3, 0.4) is 0 Å². The van der Waals surface area contributed by atoms with Crippen molar-refractivity contribution in [3.8, 4) is 16.9 Å². The number of rotatable bonds is 28. The van der Waals surface area contributed by atoms with Gasteiger partial charge in [0.25, 0.3) is 6.92 Å². The summed E-state index contributed by atoms with van der Waals surface area (Å²) >= 11 is 0. The molecule has 0 bridgehead atoms. The number of benzene rings is 3. The van der Waals surface area contributed by atoms with E-state index in [1.165, 1.54) is 12.7 Å². The summed E-state index contributed by atoms with van der Waals surface area (Å²) < 4.78 is 5.32. The summed E-state index contributed by atoms with van der Waals surface area (Å²) in [5.41, 5.74) is 15.8. The molecule has 11 nitrogen and oxygen atoms in total. The number of nitrogens with one attached hydrogen (secondary N) is 2. The maximum atomic E-state index is 14.1. The minimum Gasteiger partial charge on any atom is -0.497 e. The van der Waals surface area contributed by atoms with Crippen LogP contribution in [0.5, 0.6) is 5.75 Å². The van der Waals surface area contributed by atoms with Crippen molar-refractivity contribution in [2.24, 2.45) is 23.3 Å². The second kappa shape index (κ2) is 25.8. The minimum absolute atomic E-state index is 0.0581. The molecule has 0 radical (unpaired) electrons. The quantitative estimate of drug-likeness (QED) is 0.0291. The number of hydrogen-bond acceptors (Lipinski definition) is 9. The number of amides is 2. The van der Waals surface area contributed by atoms with Crippen molar-refractivity contribution in [2.45, 2.75) is 123 Å². The number of aryl methyl sites for hydroxylation is 1. The topological polar surface area (TPSA) is 191 Å². The molecule has 320 valence electrons. The monoisotopic (exact) mass is 811 g/mol. The first kappa shape index (κ1) is 48.7. The summed E-state index contributed by atoms with van der Waals surface area (Å²) in [5.74, 6) is -2.97. The van der Waals surface area contributed by atoms with Gasteiger partial charge >= 0.3 is 0 Å². The lowest BCUT2D eigenvalue weighted by molar-refractivity contribution is -0.134. The van der Waals surface area contributed by atoms with Gasteiger partial charge in [-0.2, -0.15) is 0 Å². The molecule has 0 aromatic heterocycles. The summed E-state index contributed by atoms with van der Waals surface area (Å²) in [7, 11) is 1.53. The number of hydrogen-bond donors (Lipinski definition) is 5. The van der Waals surface area contributed by atoms with Crippen LogP contribution in [0.15, 0.2) is 72.8 Å². The van der Waals surface area contributed by atoms with Gasteiger partial charge in [-0.3, -0.25) is 24.0 Å². The third kappa shape index (κ3) is 16.1. The van der Waals surface area contributed by atoms with E-state index in [0.29, 0.717) is 68.5 Å². The Labute approximate surface area is 351 Å². The van der Waals surface area contributed by atoms with Crippen molar-refractivity contribution in [1.82, 2.24) is 10.6 Å². The van der Waals surface area contributed by atoms with E-state index in [4.69, 9.17) is 16.2 Å². The summed E-state index contributed by atoms with van der Waals surface area (Å²) in [5, 5.41) is 15.8. The summed E-state index contributed by atoms with van der Waals surface area (Å²) in [4.78, 5) is 68.7. The maximum absolute atomic E-state index is 14.1. The number of ketones is 3. The highest BCUT2D eigenvalue weighted by molar-refractivity contribution is 6.50. The highest BCUT2D eigenvalue weighted by atomic mass is 16.5. The Morgan fingerprint density at radius 2 is 1.31 bits per heavy atom. The zero-order valence-electron chi connectivity index (χ0n) is 35.8. The van der Waals surface area contributed by atoms with E-state index in [0.717, 1.165) is 30.4 Å². The third-order valence-electron chi connectivity index (χ3n) is 11.1. The number of unbranched alkanes of at least 4 members (excludes halogenated alkanes) is 3. The van der Waals surface area contributed by atoms with Crippen LogP contribution in [0.2, 0.25) is 12.6 Å². The van der Waals surface area contributed by atoms with Gasteiger partial charge in [0.05, 0.1) is 13.2 Å². The molecule has 1 unspecified atom stereocenters. The zero-order chi connectivity index (χ0) is 43.3. The summed E-state index contributed by atoms with van der Waals surface area (Å²) in [6, 6.07) is 20.8. The molecule has 0 aliphatic heterocycles. The van der Waals surface area contributed by atoms with Gasteiger partial charge in [0.1, 0.15) is 11.8 Å². The zero-order valence-corrected chi connectivity index (χ0v) is 35.8. The van der Waals surface area contributed by atoms with Crippen LogP contribution in [-0.2, 0) is 25.6 Å². The first-order valence-electron chi connectivity index (χ1n) is 21.4. The number of carbonyl (C=O) groups is 5. The van der Waals surface area contributed by atoms with Crippen LogP contribution in [0.4, 0.5) is 0 Å². The average Bonchev–Trinajstić information content (AvgIpc) is 3.24. The van der Waals surface area contributed by atoms with Crippen LogP contribution < -0.4 is 26.8 Å². The molecule has 0 aliphatic carbocycles. The largest absolute Gasteiger partial charge is 0.497 e. The Bertz CT molecular complexity index is 1770. The van der Waals surface area contributed by atoms with Gasteiger partial charge in [-0.05, 0) is 98.2 Å². The molecule has 0 saturated carbocycles. The fourth-order valence-electron chi connectivity index (χ4n) is 6.97. The summed E-state index contributed by atoms with van der Waals surface area (Å²) in [6.07, 6.45) is 6.53. The number of carbonyl (C=O) groups excluding carboxylic acids is 5. The van der Waals surface area contributed by atoms with Crippen molar-refractivity contribution in [3.05, 3.63) is 89.5 Å². The van der Waals surface area contributed by atoms with Crippen LogP contribution in [-0.4, -0.2) is 67.3 Å². The minimum atomic E-state index is -1.11.